The number of benzene rings is 2. The number of methoxy groups -OCH3 is 3. The number of rotatable bonds is 11. The highest BCUT2D eigenvalue weighted by molar-refractivity contribution is 5.76. The van der Waals surface area contributed by atoms with Crippen molar-refractivity contribution in [3.05, 3.63) is 53.9 Å². The van der Waals surface area contributed by atoms with Crippen LogP contribution >= 0.6 is 0 Å². The van der Waals surface area contributed by atoms with Crippen molar-refractivity contribution >= 4 is 5.91 Å². The maximum absolute atomic E-state index is 12.7. The Balaban J connectivity index is 1.80. The predicted molar refractivity (Wildman–Crippen MR) is 124 cm³/mol. The van der Waals surface area contributed by atoms with E-state index in [1.165, 1.54) is 0 Å². The first-order chi connectivity index (χ1) is 16.0. The Hall–Kier alpha value is -3.55. The van der Waals surface area contributed by atoms with Crippen LogP contribution in [0.4, 0.5) is 0 Å². The van der Waals surface area contributed by atoms with Gasteiger partial charge in [-0.2, -0.15) is 4.98 Å². The van der Waals surface area contributed by atoms with E-state index in [2.05, 4.69) is 22.4 Å². The van der Waals surface area contributed by atoms with Gasteiger partial charge in [0.25, 0.3) is 0 Å². The number of carbonyl (C=O) groups is 1. The van der Waals surface area contributed by atoms with E-state index in [1.54, 1.807) is 33.5 Å². The summed E-state index contributed by atoms with van der Waals surface area (Å²) in [5.41, 5.74) is 1.77. The van der Waals surface area contributed by atoms with E-state index in [-0.39, 0.29) is 17.9 Å². The summed E-state index contributed by atoms with van der Waals surface area (Å²) in [6, 6.07) is 13.1. The van der Waals surface area contributed by atoms with Gasteiger partial charge in [-0.05, 0) is 30.0 Å². The number of carbonyl (C=O) groups excluding carboxylic acids is 1. The highest BCUT2D eigenvalue weighted by Crippen LogP contribution is 2.40. The van der Waals surface area contributed by atoms with Crippen molar-refractivity contribution in [2.45, 2.75) is 39.2 Å². The van der Waals surface area contributed by atoms with Crippen LogP contribution in [0.2, 0.25) is 0 Å². The smallest absolute Gasteiger partial charge is 0.249 e. The third kappa shape index (κ3) is 5.83. The number of aromatic nitrogens is 2. The van der Waals surface area contributed by atoms with Gasteiger partial charge in [0, 0.05) is 12.0 Å². The van der Waals surface area contributed by atoms with Gasteiger partial charge >= 0.3 is 0 Å². The van der Waals surface area contributed by atoms with E-state index in [9.17, 15) is 4.79 Å². The number of nitrogens with zero attached hydrogens (tertiary/aromatic N) is 2. The van der Waals surface area contributed by atoms with Crippen molar-refractivity contribution in [3.63, 3.8) is 0 Å². The van der Waals surface area contributed by atoms with Crippen LogP contribution in [0.5, 0.6) is 17.2 Å². The Morgan fingerprint density at radius 2 is 1.73 bits per heavy atom. The second-order valence-electron chi connectivity index (χ2n) is 7.79. The van der Waals surface area contributed by atoms with Crippen LogP contribution in [0.25, 0.3) is 11.4 Å². The molecule has 1 N–H and O–H groups in total. The largest absolute Gasteiger partial charge is 0.493 e. The van der Waals surface area contributed by atoms with Gasteiger partial charge in [0.05, 0.1) is 21.3 Å². The maximum Gasteiger partial charge on any atom is 0.249 e. The zero-order valence-corrected chi connectivity index (χ0v) is 19.8. The zero-order chi connectivity index (χ0) is 23.8. The molecule has 0 radical (unpaired) electrons. The lowest BCUT2D eigenvalue weighted by atomic mass is 9.98. The average molecular weight is 454 g/mol. The third-order valence-electron chi connectivity index (χ3n) is 5.64. The molecule has 33 heavy (non-hydrogen) atoms. The Morgan fingerprint density at radius 3 is 2.30 bits per heavy atom. The number of ether oxygens (including phenoxy) is 3. The number of amides is 1. The quantitative estimate of drug-likeness (QED) is 0.453. The Kier molecular flexibility index (Phi) is 8.29. The van der Waals surface area contributed by atoms with Gasteiger partial charge in [-0.3, -0.25) is 4.79 Å². The monoisotopic (exact) mass is 453 g/mol. The molecule has 2 atom stereocenters. The lowest BCUT2D eigenvalue weighted by molar-refractivity contribution is -0.122. The van der Waals surface area contributed by atoms with Crippen LogP contribution in [-0.2, 0) is 11.2 Å². The molecule has 8 nitrogen and oxygen atoms in total. The molecule has 0 spiro atoms. The highest BCUT2D eigenvalue weighted by atomic mass is 16.5. The molecule has 176 valence electrons. The summed E-state index contributed by atoms with van der Waals surface area (Å²) in [7, 11) is 4.64. The molecule has 1 amide bonds. The standard InChI is InChI=1S/C25H31N3O5/c1-6-16(2)22(26-21(29)13-12-17-10-8-7-9-11-17)25-27-24(28-33-25)18-14-19(30-3)23(32-5)20(15-18)31-4/h7-11,14-16,22H,6,12-13H2,1-5H3,(H,26,29)/t16-,22-/m0/s1. The number of hydrogen-bond acceptors (Lipinski definition) is 7. The second-order valence-corrected chi connectivity index (χ2v) is 7.79. The normalized spacial score (nSPS) is 12.6. The Labute approximate surface area is 194 Å². The van der Waals surface area contributed by atoms with Crippen LogP contribution in [0, 0.1) is 5.92 Å². The summed E-state index contributed by atoms with van der Waals surface area (Å²) >= 11 is 0. The summed E-state index contributed by atoms with van der Waals surface area (Å²) < 4.78 is 21.8. The van der Waals surface area contributed by atoms with Crippen molar-refractivity contribution in [2.24, 2.45) is 5.92 Å². The number of hydrogen-bond donors (Lipinski definition) is 1. The molecule has 0 saturated heterocycles. The molecule has 8 heteroatoms. The van der Waals surface area contributed by atoms with E-state index in [0.717, 1.165) is 12.0 Å². The lowest BCUT2D eigenvalue weighted by Crippen LogP contribution is -2.32. The molecule has 0 unspecified atom stereocenters. The number of aryl methyl sites for hydroxylation is 1. The van der Waals surface area contributed by atoms with Gasteiger partial charge < -0.3 is 24.1 Å². The SMILES string of the molecule is CC[C@H](C)[C@H](NC(=O)CCc1ccccc1)c1nc(-c2cc(OC)c(OC)c(OC)c2)no1. The fourth-order valence-electron chi connectivity index (χ4n) is 3.52. The fraction of sp³-hybridized carbons (Fsp3) is 0.400. The van der Waals surface area contributed by atoms with Crippen molar-refractivity contribution in [2.75, 3.05) is 21.3 Å². The van der Waals surface area contributed by atoms with Crippen LogP contribution in [0.3, 0.4) is 0 Å². The summed E-state index contributed by atoms with van der Waals surface area (Å²) in [6.07, 6.45) is 1.89. The molecule has 0 aliphatic carbocycles. The van der Waals surface area contributed by atoms with Gasteiger partial charge in [-0.25, -0.2) is 0 Å². The Morgan fingerprint density at radius 1 is 1.06 bits per heavy atom. The fourth-order valence-corrected chi connectivity index (χ4v) is 3.52. The van der Waals surface area contributed by atoms with Gasteiger partial charge in [0.2, 0.25) is 23.4 Å². The van der Waals surface area contributed by atoms with Gasteiger partial charge in [0.1, 0.15) is 6.04 Å². The van der Waals surface area contributed by atoms with E-state index in [0.29, 0.717) is 47.4 Å². The summed E-state index contributed by atoms with van der Waals surface area (Å²) in [6.45, 7) is 4.11. The zero-order valence-electron chi connectivity index (χ0n) is 19.8. The molecule has 3 aromatic rings. The molecule has 1 heterocycles. The summed E-state index contributed by atoms with van der Waals surface area (Å²) in [4.78, 5) is 17.3. The minimum Gasteiger partial charge on any atom is -0.493 e. The molecular formula is C25H31N3O5. The summed E-state index contributed by atoms with van der Waals surface area (Å²) in [5.74, 6) is 2.25. The van der Waals surface area contributed by atoms with Crippen molar-refractivity contribution < 1.29 is 23.5 Å². The van der Waals surface area contributed by atoms with Gasteiger partial charge in [-0.1, -0.05) is 55.8 Å². The van der Waals surface area contributed by atoms with E-state index < -0.39 is 0 Å². The van der Waals surface area contributed by atoms with Crippen LogP contribution < -0.4 is 19.5 Å². The molecule has 0 saturated carbocycles. The second kappa shape index (κ2) is 11.4. The van der Waals surface area contributed by atoms with Crippen molar-refractivity contribution in [3.8, 4) is 28.6 Å². The third-order valence-corrected chi connectivity index (χ3v) is 5.64. The Bertz CT molecular complexity index is 1030. The molecule has 2 aromatic carbocycles. The van der Waals surface area contributed by atoms with E-state index >= 15 is 0 Å². The van der Waals surface area contributed by atoms with Crippen LogP contribution in [0.15, 0.2) is 47.0 Å². The van der Waals surface area contributed by atoms with Gasteiger partial charge in [-0.15, -0.1) is 0 Å². The van der Waals surface area contributed by atoms with E-state index in [1.807, 2.05) is 37.3 Å². The molecule has 3 rings (SSSR count). The first-order valence-corrected chi connectivity index (χ1v) is 11.0. The van der Waals surface area contributed by atoms with E-state index in [4.69, 9.17) is 18.7 Å². The topological polar surface area (TPSA) is 95.7 Å². The van der Waals surface area contributed by atoms with Crippen molar-refractivity contribution in [1.82, 2.24) is 15.5 Å². The van der Waals surface area contributed by atoms with Crippen molar-refractivity contribution in [1.29, 1.82) is 0 Å². The van der Waals surface area contributed by atoms with Crippen LogP contribution in [0.1, 0.15) is 44.2 Å². The van der Waals surface area contributed by atoms with Gasteiger partial charge in [0.15, 0.2) is 11.5 Å². The minimum absolute atomic E-state index is 0.0586. The highest BCUT2D eigenvalue weighted by Gasteiger charge is 2.27. The lowest BCUT2D eigenvalue weighted by Gasteiger charge is -2.20. The number of nitrogens with one attached hydrogen (secondary N) is 1. The molecular weight excluding hydrogens is 422 g/mol. The summed E-state index contributed by atoms with van der Waals surface area (Å²) in [5, 5.41) is 7.22. The molecule has 0 aliphatic rings. The van der Waals surface area contributed by atoms with Crippen LogP contribution in [-0.4, -0.2) is 37.4 Å². The maximum atomic E-state index is 12.7. The molecule has 0 aliphatic heterocycles. The molecule has 1 aromatic heterocycles. The first kappa shape index (κ1) is 24.1. The first-order valence-electron chi connectivity index (χ1n) is 11.0. The molecule has 0 bridgehead atoms. The average Bonchev–Trinajstić information content (AvgIpc) is 3.35. The molecule has 0 fully saturated rings. The minimum atomic E-state index is -0.387. The predicted octanol–water partition coefficient (Wildman–Crippen LogP) is 4.60.